The Kier molecular flexibility index (Phi) is 8.02. The molecule has 0 radical (unpaired) electrons. The number of alkyl halides is 3. The predicted octanol–water partition coefficient (Wildman–Crippen LogP) is 5.24. The van der Waals surface area contributed by atoms with Gasteiger partial charge < -0.3 is 25.4 Å². The van der Waals surface area contributed by atoms with Gasteiger partial charge in [-0.05, 0) is 29.8 Å². The first-order valence-corrected chi connectivity index (χ1v) is 10.4. The number of benzene rings is 2. The lowest BCUT2D eigenvalue weighted by Crippen LogP contribution is -2.28. The Hall–Kier alpha value is -3.99. The molecule has 1 aromatic heterocycles. The fourth-order valence-electron chi connectivity index (χ4n) is 2.93. The first-order valence-electron chi connectivity index (χ1n) is 10.0. The van der Waals surface area contributed by atoms with Gasteiger partial charge in [-0.25, -0.2) is 4.79 Å². The number of carbonyl (C=O) groups is 2. The van der Waals surface area contributed by atoms with Gasteiger partial charge in [0, 0.05) is 31.9 Å². The molecule has 0 unspecified atom stereocenters. The van der Waals surface area contributed by atoms with Gasteiger partial charge in [0.25, 0.3) is 5.91 Å². The number of methoxy groups -OCH3 is 1. The Bertz CT molecular complexity index is 1220. The number of rotatable bonds is 7. The van der Waals surface area contributed by atoms with Crippen molar-refractivity contribution in [3.63, 3.8) is 0 Å². The van der Waals surface area contributed by atoms with Crippen LogP contribution in [0, 0.1) is 0 Å². The maximum absolute atomic E-state index is 13.1. The van der Waals surface area contributed by atoms with Crippen LogP contribution in [-0.2, 0) is 12.7 Å². The van der Waals surface area contributed by atoms with Crippen LogP contribution in [0.2, 0.25) is 5.02 Å². The van der Waals surface area contributed by atoms with E-state index in [2.05, 4.69) is 20.9 Å². The normalized spacial score (nSPS) is 10.9. The van der Waals surface area contributed by atoms with E-state index in [1.807, 2.05) is 0 Å². The van der Waals surface area contributed by atoms with Crippen molar-refractivity contribution in [2.45, 2.75) is 12.7 Å². The summed E-state index contributed by atoms with van der Waals surface area (Å²) in [7, 11) is 2.74. The summed E-state index contributed by atoms with van der Waals surface area (Å²) in [6.45, 7) is 0.0875. The summed E-state index contributed by atoms with van der Waals surface area (Å²) >= 11 is 5.68. The molecule has 0 spiro atoms. The molecular formula is C23H20ClF3N4O4. The number of pyridine rings is 1. The fraction of sp³-hybridized carbons (Fsp3) is 0.174. The van der Waals surface area contributed by atoms with E-state index in [1.54, 1.807) is 30.3 Å². The van der Waals surface area contributed by atoms with Crippen LogP contribution in [0.25, 0.3) is 0 Å². The molecule has 0 atom stereocenters. The number of hydrogen-bond acceptors (Lipinski definition) is 5. The summed E-state index contributed by atoms with van der Waals surface area (Å²) in [6, 6.07) is 10.8. The SMILES string of the molecule is CNC(=O)c1cc(Oc2ccc(CNC(=O)Nc3cc(C(F)(F)F)c(Cl)cc3OC)cc2)ccn1. The van der Waals surface area contributed by atoms with E-state index in [0.717, 1.165) is 6.07 Å². The van der Waals surface area contributed by atoms with Crippen molar-refractivity contribution >= 4 is 29.2 Å². The minimum absolute atomic E-state index is 0.0182. The molecule has 184 valence electrons. The minimum atomic E-state index is -4.69. The van der Waals surface area contributed by atoms with Gasteiger partial charge in [-0.1, -0.05) is 23.7 Å². The smallest absolute Gasteiger partial charge is 0.417 e. The van der Waals surface area contributed by atoms with Crippen molar-refractivity contribution in [1.29, 1.82) is 0 Å². The predicted molar refractivity (Wildman–Crippen MR) is 123 cm³/mol. The van der Waals surface area contributed by atoms with E-state index in [0.29, 0.717) is 23.1 Å². The molecule has 0 saturated carbocycles. The highest BCUT2D eigenvalue weighted by atomic mass is 35.5. The summed E-state index contributed by atoms with van der Waals surface area (Å²) < 4.78 is 50.1. The van der Waals surface area contributed by atoms with Crippen molar-refractivity contribution in [2.24, 2.45) is 0 Å². The van der Waals surface area contributed by atoms with Crippen LogP contribution >= 0.6 is 11.6 Å². The number of halogens is 4. The zero-order chi connectivity index (χ0) is 25.6. The highest BCUT2D eigenvalue weighted by molar-refractivity contribution is 6.31. The third kappa shape index (κ3) is 6.76. The van der Waals surface area contributed by atoms with E-state index in [1.165, 1.54) is 26.4 Å². The van der Waals surface area contributed by atoms with Crippen LogP contribution in [0.4, 0.5) is 23.7 Å². The third-order valence-corrected chi connectivity index (χ3v) is 4.96. The quantitative estimate of drug-likeness (QED) is 0.405. The van der Waals surface area contributed by atoms with Gasteiger partial charge in [0.1, 0.15) is 22.9 Å². The van der Waals surface area contributed by atoms with Crippen LogP contribution in [0.15, 0.2) is 54.7 Å². The van der Waals surface area contributed by atoms with Crippen molar-refractivity contribution in [2.75, 3.05) is 19.5 Å². The van der Waals surface area contributed by atoms with Gasteiger partial charge in [0.15, 0.2) is 0 Å². The lowest BCUT2D eigenvalue weighted by atomic mass is 10.1. The van der Waals surface area contributed by atoms with Crippen molar-refractivity contribution in [3.05, 3.63) is 76.6 Å². The molecule has 8 nitrogen and oxygen atoms in total. The number of nitrogens with zero attached hydrogens (tertiary/aromatic N) is 1. The zero-order valence-electron chi connectivity index (χ0n) is 18.5. The second-order valence-electron chi connectivity index (χ2n) is 7.04. The molecule has 35 heavy (non-hydrogen) atoms. The molecule has 1 heterocycles. The van der Waals surface area contributed by atoms with E-state index >= 15 is 0 Å². The second-order valence-corrected chi connectivity index (χ2v) is 7.45. The summed E-state index contributed by atoms with van der Waals surface area (Å²) in [5.74, 6) is 0.535. The maximum Gasteiger partial charge on any atom is 0.417 e. The Morgan fingerprint density at radius 1 is 1.06 bits per heavy atom. The minimum Gasteiger partial charge on any atom is -0.495 e. The molecular weight excluding hydrogens is 489 g/mol. The highest BCUT2D eigenvalue weighted by Gasteiger charge is 2.34. The number of aromatic nitrogens is 1. The molecule has 0 aliphatic carbocycles. The van der Waals surface area contributed by atoms with Gasteiger partial charge in [-0.3, -0.25) is 9.78 Å². The number of hydrogen-bond donors (Lipinski definition) is 3. The standard InChI is InChI=1S/C23H20ClF3N4O4/c1-28-21(32)19-9-15(7-8-29-19)35-14-5-3-13(4-6-14)12-30-22(33)31-18-10-16(23(25,26)27)17(24)11-20(18)34-2/h3-11H,12H2,1-2H3,(H,28,32)(H2,30,31,33). The van der Waals surface area contributed by atoms with Crippen molar-refractivity contribution < 1.29 is 32.2 Å². The molecule has 0 fully saturated rings. The van der Waals surface area contributed by atoms with Crippen molar-refractivity contribution in [3.8, 4) is 17.2 Å². The van der Waals surface area contributed by atoms with Gasteiger partial charge >= 0.3 is 12.2 Å². The van der Waals surface area contributed by atoms with Crippen LogP contribution in [0.1, 0.15) is 21.6 Å². The molecule has 3 N–H and O–H groups in total. The monoisotopic (exact) mass is 508 g/mol. The zero-order valence-corrected chi connectivity index (χ0v) is 19.3. The first kappa shape index (κ1) is 25.6. The van der Waals surface area contributed by atoms with Crippen LogP contribution in [-0.4, -0.2) is 31.1 Å². The molecule has 0 aliphatic rings. The average molecular weight is 509 g/mol. The molecule has 3 amide bonds. The molecule has 0 aliphatic heterocycles. The highest BCUT2D eigenvalue weighted by Crippen LogP contribution is 2.40. The van der Waals surface area contributed by atoms with Crippen LogP contribution < -0.4 is 25.4 Å². The number of ether oxygens (including phenoxy) is 2. The first-order chi connectivity index (χ1) is 16.6. The summed E-state index contributed by atoms with van der Waals surface area (Å²) in [5.41, 5.74) is -0.370. The number of anilines is 1. The molecule has 2 aromatic carbocycles. The molecule has 12 heteroatoms. The van der Waals surface area contributed by atoms with Gasteiger partial charge in [-0.15, -0.1) is 0 Å². The topological polar surface area (TPSA) is 102 Å². The second kappa shape index (κ2) is 11.0. The van der Waals surface area contributed by atoms with Crippen LogP contribution in [0.5, 0.6) is 17.2 Å². The largest absolute Gasteiger partial charge is 0.495 e. The lowest BCUT2D eigenvalue weighted by Gasteiger charge is -2.16. The molecule has 3 aromatic rings. The van der Waals surface area contributed by atoms with E-state index in [4.69, 9.17) is 21.1 Å². The maximum atomic E-state index is 13.1. The molecule has 3 rings (SSSR count). The van der Waals surface area contributed by atoms with E-state index in [9.17, 15) is 22.8 Å². The van der Waals surface area contributed by atoms with Gasteiger partial charge in [0.05, 0.1) is 23.4 Å². The lowest BCUT2D eigenvalue weighted by molar-refractivity contribution is -0.137. The van der Waals surface area contributed by atoms with Gasteiger partial charge in [0.2, 0.25) is 0 Å². The Morgan fingerprint density at radius 2 is 1.77 bits per heavy atom. The Labute approximate surface area is 203 Å². The number of urea groups is 1. The average Bonchev–Trinajstić information content (AvgIpc) is 2.83. The summed E-state index contributed by atoms with van der Waals surface area (Å²) in [5, 5.41) is 6.83. The number of nitrogens with one attached hydrogen (secondary N) is 3. The number of amides is 3. The summed E-state index contributed by atoms with van der Waals surface area (Å²) in [6.07, 6.45) is -3.25. The Morgan fingerprint density at radius 3 is 2.40 bits per heavy atom. The number of carbonyl (C=O) groups excluding carboxylic acids is 2. The van der Waals surface area contributed by atoms with E-state index < -0.39 is 22.8 Å². The van der Waals surface area contributed by atoms with E-state index in [-0.39, 0.29) is 29.6 Å². The summed E-state index contributed by atoms with van der Waals surface area (Å²) in [4.78, 5) is 27.9. The molecule has 0 saturated heterocycles. The van der Waals surface area contributed by atoms with Gasteiger partial charge in [-0.2, -0.15) is 13.2 Å². The van der Waals surface area contributed by atoms with Crippen LogP contribution in [0.3, 0.4) is 0 Å². The molecule has 0 bridgehead atoms. The van der Waals surface area contributed by atoms with Crippen molar-refractivity contribution in [1.82, 2.24) is 15.6 Å². The fourth-order valence-corrected chi connectivity index (χ4v) is 3.19. The third-order valence-electron chi connectivity index (χ3n) is 4.65. The Balaban J connectivity index is 1.61.